The molecule has 1 aromatic carbocycles. The molecule has 0 fully saturated rings. The molecule has 4 nitrogen and oxygen atoms in total. The van der Waals surface area contributed by atoms with E-state index in [1.165, 1.54) is 11.1 Å². The van der Waals surface area contributed by atoms with Crippen molar-refractivity contribution in [3.63, 3.8) is 0 Å². The summed E-state index contributed by atoms with van der Waals surface area (Å²) in [4.78, 5) is 4.20. The first-order chi connectivity index (χ1) is 8.66. The Morgan fingerprint density at radius 2 is 2.11 bits per heavy atom. The number of hydrogen-bond acceptors (Lipinski definition) is 3. The fourth-order valence-corrected chi connectivity index (χ4v) is 1.99. The molecule has 0 bridgehead atoms. The van der Waals surface area contributed by atoms with Crippen LogP contribution in [0.1, 0.15) is 23.9 Å². The number of rotatable bonds is 5. The van der Waals surface area contributed by atoms with Crippen molar-refractivity contribution in [2.45, 2.75) is 32.9 Å². The van der Waals surface area contributed by atoms with Crippen LogP contribution in [0.25, 0.3) is 0 Å². The van der Waals surface area contributed by atoms with Gasteiger partial charge >= 0.3 is 0 Å². The lowest BCUT2D eigenvalue weighted by atomic mass is 10.0. The predicted octanol–water partition coefficient (Wildman–Crippen LogP) is 1.84. The third kappa shape index (κ3) is 3.17. The molecular formula is C14H20N4. The summed E-state index contributed by atoms with van der Waals surface area (Å²) in [6, 6.07) is 8.94. The van der Waals surface area contributed by atoms with Crippen molar-refractivity contribution in [2.75, 3.05) is 0 Å². The van der Waals surface area contributed by atoms with Crippen molar-refractivity contribution in [1.82, 2.24) is 20.1 Å². The minimum atomic E-state index is 0.419. The van der Waals surface area contributed by atoms with Gasteiger partial charge in [0.05, 0.1) is 6.54 Å². The van der Waals surface area contributed by atoms with Crippen LogP contribution in [0, 0.1) is 6.92 Å². The Morgan fingerprint density at radius 3 is 2.78 bits per heavy atom. The normalized spacial score (nSPS) is 12.6. The van der Waals surface area contributed by atoms with Gasteiger partial charge in [0.25, 0.3) is 0 Å². The SMILES string of the molecule is Cc1ccccc1CC(C)NCc1ncnn1C. The van der Waals surface area contributed by atoms with Crippen LogP contribution in [0.3, 0.4) is 0 Å². The lowest BCUT2D eigenvalue weighted by Crippen LogP contribution is -2.29. The van der Waals surface area contributed by atoms with Crippen molar-refractivity contribution in [3.8, 4) is 0 Å². The van der Waals surface area contributed by atoms with Crippen molar-refractivity contribution >= 4 is 0 Å². The van der Waals surface area contributed by atoms with E-state index in [0.717, 1.165) is 18.8 Å². The summed E-state index contributed by atoms with van der Waals surface area (Å²) < 4.78 is 1.80. The average Bonchev–Trinajstić information content (AvgIpc) is 2.75. The summed E-state index contributed by atoms with van der Waals surface area (Å²) in [7, 11) is 1.91. The minimum Gasteiger partial charge on any atom is -0.307 e. The van der Waals surface area contributed by atoms with Crippen LogP contribution in [-0.2, 0) is 20.0 Å². The second-order valence-corrected chi connectivity index (χ2v) is 4.71. The van der Waals surface area contributed by atoms with Crippen LogP contribution in [0.2, 0.25) is 0 Å². The van der Waals surface area contributed by atoms with Gasteiger partial charge in [0.15, 0.2) is 0 Å². The first-order valence-corrected chi connectivity index (χ1v) is 6.27. The van der Waals surface area contributed by atoms with Crippen molar-refractivity contribution in [2.24, 2.45) is 7.05 Å². The van der Waals surface area contributed by atoms with E-state index in [-0.39, 0.29) is 0 Å². The monoisotopic (exact) mass is 244 g/mol. The Hall–Kier alpha value is -1.68. The molecular weight excluding hydrogens is 224 g/mol. The number of nitrogens with zero attached hydrogens (tertiary/aromatic N) is 3. The van der Waals surface area contributed by atoms with Gasteiger partial charge in [0, 0.05) is 13.1 Å². The Kier molecular flexibility index (Phi) is 4.10. The second kappa shape index (κ2) is 5.78. The van der Waals surface area contributed by atoms with Gasteiger partial charge in [-0.15, -0.1) is 0 Å². The molecule has 0 saturated carbocycles. The van der Waals surface area contributed by atoms with Crippen molar-refractivity contribution in [3.05, 3.63) is 47.5 Å². The Bertz CT molecular complexity index is 504. The highest BCUT2D eigenvalue weighted by molar-refractivity contribution is 5.26. The topological polar surface area (TPSA) is 42.7 Å². The quantitative estimate of drug-likeness (QED) is 0.872. The second-order valence-electron chi connectivity index (χ2n) is 4.71. The lowest BCUT2D eigenvalue weighted by Gasteiger charge is -2.14. The van der Waals surface area contributed by atoms with Crippen molar-refractivity contribution in [1.29, 1.82) is 0 Å². The third-order valence-corrected chi connectivity index (χ3v) is 3.20. The van der Waals surface area contributed by atoms with E-state index in [1.807, 2.05) is 7.05 Å². The predicted molar refractivity (Wildman–Crippen MR) is 72.2 cm³/mol. The maximum Gasteiger partial charge on any atom is 0.140 e. The molecule has 0 saturated heterocycles. The minimum absolute atomic E-state index is 0.419. The van der Waals surface area contributed by atoms with Crippen LogP contribution >= 0.6 is 0 Å². The molecule has 2 rings (SSSR count). The average molecular weight is 244 g/mol. The highest BCUT2D eigenvalue weighted by Crippen LogP contribution is 2.09. The van der Waals surface area contributed by atoms with E-state index in [1.54, 1.807) is 11.0 Å². The van der Waals surface area contributed by atoms with Gasteiger partial charge in [-0.2, -0.15) is 5.10 Å². The Balaban J connectivity index is 1.88. The summed E-state index contributed by atoms with van der Waals surface area (Å²) in [6.07, 6.45) is 2.62. The summed E-state index contributed by atoms with van der Waals surface area (Å²) >= 11 is 0. The number of aryl methyl sites for hydroxylation is 2. The molecule has 0 radical (unpaired) electrons. The molecule has 1 heterocycles. The molecule has 0 aliphatic rings. The molecule has 2 aromatic rings. The molecule has 1 aromatic heterocycles. The van der Waals surface area contributed by atoms with Crippen LogP contribution in [0.15, 0.2) is 30.6 Å². The van der Waals surface area contributed by atoms with Gasteiger partial charge in [-0.25, -0.2) is 4.98 Å². The molecule has 4 heteroatoms. The maximum atomic E-state index is 4.20. The van der Waals surface area contributed by atoms with E-state index in [0.29, 0.717) is 6.04 Å². The first-order valence-electron chi connectivity index (χ1n) is 6.27. The summed E-state index contributed by atoms with van der Waals surface area (Å²) in [6.45, 7) is 5.11. The number of benzene rings is 1. The standard InChI is InChI=1S/C14H20N4/c1-11-6-4-5-7-13(11)8-12(2)15-9-14-16-10-17-18(14)3/h4-7,10,12,15H,8-9H2,1-3H3. The Morgan fingerprint density at radius 1 is 1.33 bits per heavy atom. The van der Waals surface area contributed by atoms with Gasteiger partial charge in [-0.1, -0.05) is 24.3 Å². The highest BCUT2D eigenvalue weighted by Gasteiger charge is 2.07. The van der Waals surface area contributed by atoms with Crippen LogP contribution in [0.4, 0.5) is 0 Å². The van der Waals surface area contributed by atoms with Crippen LogP contribution in [0.5, 0.6) is 0 Å². The van der Waals surface area contributed by atoms with Crippen LogP contribution < -0.4 is 5.32 Å². The van der Waals surface area contributed by atoms with E-state index >= 15 is 0 Å². The van der Waals surface area contributed by atoms with Gasteiger partial charge in [0.1, 0.15) is 12.2 Å². The van der Waals surface area contributed by atoms with E-state index < -0.39 is 0 Å². The summed E-state index contributed by atoms with van der Waals surface area (Å²) in [5.41, 5.74) is 2.75. The lowest BCUT2D eigenvalue weighted by molar-refractivity contribution is 0.518. The number of aromatic nitrogens is 3. The summed E-state index contributed by atoms with van der Waals surface area (Å²) in [5, 5.41) is 7.54. The number of nitrogens with one attached hydrogen (secondary N) is 1. The Labute approximate surface area is 108 Å². The fourth-order valence-electron chi connectivity index (χ4n) is 1.99. The first kappa shape index (κ1) is 12.8. The number of hydrogen-bond donors (Lipinski definition) is 1. The third-order valence-electron chi connectivity index (χ3n) is 3.20. The zero-order valence-electron chi connectivity index (χ0n) is 11.2. The fraction of sp³-hybridized carbons (Fsp3) is 0.429. The molecule has 96 valence electrons. The molecule has 1 unspecified atom stereocenters. The molecule has 0 spiro atoms. The van der Waals surface area contributed by atoms with E-state index in [9.17, 15) is 0 Å². The van der Waals surface area contributed by atoms with E-state index in [2.05, 4.69) is 53.5 Å². The van der Waals surface area contributed by atoms with Gasteiger partial charge in [0.2, 0.25) is 0 Å². The molecule has 0 aliphatic carbocycles. The molecule has 0 aliphatic heterocycles. The maximum absolute atomic E-state index is 4.20. The smallest absolute Gasteiger partial charge is 0.140 e. The van der Waals surface area contributed by atoms with Gasteiger partial charge < -0.3 is 5.32 Å². The van der Waals surface area contributed by atoms with Crippen molar-refractivity contribution < 1.29 is 0 Å². The highest BCUT2D eigenvalue weighted by atomic mass is 15.3. The largest absolute Gasteiger partial charge is 0.307 e. The van der Waals surface area contributed by atoms with Gasteiger partial charge in [-0.05, 0) is 31.4 Å². The van der Waals surface area contributed by atoms with Gasteiger partial charge in [-0.3, -0.25) is 4.68 Å². The molecule has 1 N–H and O–H groups in total. The molecule has 18 heavy (non-hydrogen) atoms. The molecule has 0 amide bonds. The molecule has 1 atom stereocenters. The summed E-state index contributed by atoms with van der Waals surface area (Å²) in [5.74, 6) is 0.964. The van der Waals surface area contributed by atoms with E-state index in [4.69, 9.17) is 0 Å². The zero-order chi connectivity index (χ0) is 13.0. The van der Waals surface area contributed by atoms with Crippen LogP contribution in [-0.4, -0.2) is 20.8 Å². The zero-order valence-corrected chi connectivity index (χ0v) is 11.2.